The van der Waals surface area contributed by atoms with Gasteiger partial charge >= 0.3 is 5.97 Å². The number of anilines is 3. The minimum Gasteiger partial charge on any atom is -0.461 e. The van der Waals surface area contributed by atoms with Crippen LogP contribution in [0.2, 0.25) is 0 Å². The maximum atomic E-state index is 13.3. The molecule has 1 aromatic carbocycles. The van der Waals surface area contributed by atoms with E-state index in [4.69, 9.17) is 4.74 Å². The minimum atomic E-state index is -0.600. The summed E-state index contributed by atoms with van der Waals surface area (Å²) < 4.78 is 18.6. The Balaban J connectivity index is 1.57. The number of esters is 1. The van der Waals surface area contributed by atoms with Gasteiger partial charge in [0.05, 0.1) is 19.3 Å². The molecule has 9 nitrogen and oxygen atoms in total. The predicted molar refractivity (Wildman–Crippen MR) is 121 cm³/mol. The summed E-state index contributed by atoms with van der Waals surface area (Å²) in [5.74, 6) is 0.604. The van der Waals surface area contributed by atoms with Crippen molar-refractivity contribution in [2.45, 2.75) is 44.6 Å². The number of aromatic nitrogens is 4. The van der Waals surface area contributed by atoms with E-state index in [1.807, 2.05) is 13.0 Å². The summed E-state index contributed by atoms with van der Waals surface area (Å²) in [6.45, 7) is 2.02. The standard InChI is InChI=1S/C23H27FN6O3/c1-2-3-10-33-22(32)18-12-20(27-21-11-17(29-30-21)14-4-5-14)28-23(25-18)26-19(13-31)15-6-8-16(24)9-7-15/h6-9,11-12,14,19,31H,2-5,10,13H2,1H3,(H3,25,26,27,28,29,30). The van der Waals surface area contributed by atoms with Gasteiger partial charge in [-0.05, 0) is 37.0 Å². The van der Waals surface area contributed by atoms with Crippen LogP contribution in [0, 0.1) is 5.82 Å². The molecule has 33 heavy (non-hydrogen) atoms. The second kappa shape index (κ2) is 10.4. The number of halogens is 1. The molecule has 1 saturated carbocycles. The number of carbonyl (C=O) groups excluding carboxylic acids is 1. The Morgan fingerprint density at radius 3 is 2.73 bits per heavy atom. The summed E-state index contributed by atoms with van der Waals surface area (Å²) in [7, 11) is 0. The molecular formula is C23H27FN6O3. The lowest BCUT2D eigenvalue weighted by molar-refractivity contribution is 0.0493. The number of hydrogen-bond acceptors (Lipinski definition) is 8. The van der Waals surface area contributed by atoms with Gasteiger partial charge in [0.1, 0.15) is 11.6 Å². The SMILES string of the molecule is CCCCOC(=O)c1cc(Nc2cc(C3CC3)[nH]n2)nc(NC(CO)c2ccc(F)cc2)n1. The largest absolute Gasteiger partial charge is 0.461 e. The molecule has 4 N–H and O–H groups in total. The summed E-state index contributed by atoms with van der Waals surface area (Å²) >= 11 is 0. The van der Waals surface area contributed by atoms with Gasteiger partial charge in [-0.3, -0.25) is 5.10 Å². The van der Waals surface area contributed by atoms with E-state index in [1.165, 1.54) is 18.2 Å². The van der Waals surface area contributed by atoms with Crippen LogP contribution in [0.15, 0.2) is 36.4 Å². The van der Waals surface area contributed by atoms with Gasteiger partial charge in [0.15, 0.2) is 11.5 Å². The number of aliphatic hydroxyl groups is 1. The lowest BCUT2D eigenvalue weighted by atomic mass is 10.1. The average molecular weight is 455 g/mol. The summed E-state index contributed by atoms with van der Waals surface area (Å²) in [5, 5.41) is 23.3. The van der Waals surface area contributed by atoms with Crippen molar-refractivity contribution in [2.24, 2.45) is 0 Å². The zero-order valence-corrected chi connectivity index (χ0v) is 18.3. The molecule has 2 aromatic heterocycles. The van der Waals surface area contributed by atoms with Crippen LogP contribution in [0.1, 0.15) is 66.3 Å². The number of hydrogen-bond donors (Lipinski definition) is 4. The molecule has 1 unspecified atom stereocenters. The van der Waals surface area contributed by atoms with Crippen LogP contribution in [-0.4, -0.2) is 44.5 Å². The molecule has 3 aromatic rings. The van der Waals surface area contributed by atoms with Gasteiger partial charge < -0.3 is 20.5 Å². The van der Waals surface area contributed by atoms with Crippen molar-refractivity contribution in [2.75, 3.05) is 23.8 Å². The summed E-state index contributed by atoms with van der Waals surface area (Å²) in [6.07, 6.45) is 3.93. The molecule has 0 bridgehead atoms. The van der Waals surface area contributed by atoms with Crippen molar-refractivity contribution < 1.29 is 19.0 Å². The van der Waals surface area contributed by atoms with Crippen LogP contribution in [0.25, 0.3) is 0 Å². The molecule has 174 valence electrons. The number of benzene rings is 1. The van der Waals surface area contributed by atoms with E-state index in [9.17, 15) is 14.3 Å². The second-order valence-corrected chi connectivity index (χ2v) is 7.99. The first-order valence-electron chi connectivity index (χ1n) is 11.1. The van der Waals surface area contributed by atoms with E-state index in [2.05, 4.69) is 30.8 Å². The number of H-pyrrole nitrogens is 1. The average Bonchev–Trinajstić information content (AvgIpc) is 3.57. The topological polar surface area (TPSA) is 125 Å². The first-order chi connectivity index (χ1) is 16.1. The zero-order chi connectivity index (χ0) is 23.2. The molecule has 1 aliphatic carbocycles. The molecule has 4 rings (SSSR count). The summed E-state index contributed by atoms with van der Waals surface area (Å²) in [6, 6.07) is 8.56. The quantitative estimate of drug-likeness (QED) is 0.252. The molecule has 0 radical (unpaired) electrons. The highest BCUT2D eigenvalue weighted by molar-refractivity contribution is 5.88. The van der Waals surface area contributed by atoms with Crippen LogP contribution in [0.3, 0.4) is 0 Å². The summed E-state index contributed by atoms with van der Waals surface area (Å²) in [5.41, 5.74) is 1.77. The van der Waals surface area contributed by atoms with Crippen molar-refractivity contribution in [3.05, 3.63) is 59.2 Å². The monoisotopic (exact) mass is 454 g/mol. The first-order valence-corrected chi connectivity index (χ1v) is 11.1. The van der Waals surface area contributed by atoms with Gasteiger partial charge in [-0.25, -0.2) is 14.2 Å². The third-order valence-electron chi connectivity index (χ3n) is 5.30. The minimum absolute atomic E-state index is 0.0693. The Kier molecular flexibility index (Phi) is 7.13. The number of aliphatic hydroxyl groups excluding tert-OH is 1. The number of rotatable bonds is 11. The number of nitrogens with zero attached hydrogens (tertiary/aromatic N) is 3. The van der Waals surface area contributed by atoms with Gasteiger partial charge in [-0.2, -0.15) is 10.1 Å². The van der Waals surface area contributed by atoms with E-state index in [-0.39, 0.29) is 24.1 Å². The number of unbranched alkanes of at least 4 members (excludes halogenated alkanes) is 1. The molecular weight excluding hydrogens is 427 g/mol. The Labute approximate surface area is 190 Å². The Bertz CT molecular complexity index is 1080. The Morgan fingerprint density at radius 1 is 1.24 bits per heavy atom. The van der Waals surface area contributed by atoms with Gasteiger partial charge in [-0.1, -0.05) is 25.5 Å². The maximum Gasteiger partial charge on any atom is 0.357 e. The molecule has 10 heteroatoms. The smallest absolute Gasteiger partial charge is 0.357 e. The van der Waals surface area contributed by atoms with Gasteiger partial charge in [-0.15, -0.1) is 0 Å². The van der Waals surface area contributed by atoms with E-state index in [0.717, 1.165) is 31.4 Å². The normalized spacial score (nSPS) is 14.0. The van der Waals surface area contributed by atoms with Gasteiger partial charge in [0, 0.05) is 23.7 Å². The van der Waals surface area contributed by atoms with Crippen LogP contribution < -0.4 is 10.6 Å². The highest BCUT2D eigenvalue weighted by Gasteiger charge is 2.25. The summed E-state index contributed by atoms with van der Waals surface area (Å²) in [4.78, 5) is 21.3. The van der Waals surface area contributed by atoms with Gasteiger partial charge in [0.25, 0.3) is 0 Å². The molecule has 1 aliphatic rings. The van der Waals surface area contributed by atoms with Crippen LogP contribution in [-0.2, 0) is 4.74 Å². The van der Waals surface area contributed by atoms with Crippen LogP contribution in [0.4, 0.5) is 22.0 Å². The number of ether oxygens (including phenoxy) is 1. The van der Waals surface area contributed by atoms with Crippen LogP contribution >= 0.6 is 0 Å². The highest BCUT2D eigenvalue weighted by atomic mass is 19.1. The molecule has 1 fully saturated rings. The Hall–Kier alpha value is -3.53. The maximum absolute atomic E-state index is 13.3. The first kappa shape index (κ1) is 22.7. The highest BCUT2D eigenvalue weighted by Crippen LogP contribution is 2.39. The predicted octanol–water partition coefficient (Wildman–Crippen LogP) is 4.06. The lowest BCUT2D eigenvalue weighted by Gasteiger charge is -2.18. The zero-order valence-electron chi connectivity index (χ0n) is 18.3. The van der Waals surface area contributed by atoms with Crippen LogP contribution in [0.5, 0.6) is 0 Å². The molecule has 0 saturated heterocycles. The number of nitrogens with one attached hydrogen (secondary N) is 3. The second-order valence-electron chi connectivity index (χ2n) is 7.99. The Morgan fingerprint density at radius 2 is 2.03 bits per heavy atom. The van der Waals surface area contributed by atoms with Gasteiger partial charge in [0.2, 0.25) is 5.95 Å². The number of carbonyl (C=O) groups is 1. The van der Waals surface area contributed by atoms with E-state index < -0.39 is 12.0 Å². The van der Waals surface area contributed by atoms with E-state index in [1.54, 1.807) is 12.1 Å². The fourth-order valence-electron chi connectivity index (χ4n) is 3.28. The fraction of sp³-hybridized carbons (Fsp3) is 0.391. The molecule has 2 heterocycles. The third kappa shape index (κ3) is 6.04. The van der Waals surface area contributed by atoms with Crippen molar-refractivity contribution in [1.29, 1.82) is 0 Å². The third-order valence-corrected chi connectivity index (χ3v) is 5.30. The van der Waals surface area contributed by atoms with E-state index >= 15 is 0 Å². The molecule has 0 spiro atoms. The molecule has 1 atom stereocenters. The van der Waals surface area contributed by atoms with Crippen molar-refractivity contribution in [1.82, 2.24) is 20.2 Å². The van der Waals surface area contributed by atoms with Crippen molar-refractivity contribution >= 4 is 23.6 Å². The number of aromatic amines is 1. The fourth-order valence-corrected chi connectivity index (χ4v) is 3.28. The van der Waals surface area contributed by atoms with Crippen molar-refractivity contribution in [3.8, 4) is 0 Å². The molecule has 0 aliphatic heterocycles. The van der Waals surface area contributed by atoms with E-state index in [0.29, 0.717) is 29.7 Å². The van der Waals surface area contributed by atoms with Crippen molar-refractivity contribution in [3.63, 3.8) is 0 Å². The molecule has 0 amide bonds. The lowest BCUT2D eigenvalue weighted by Crippen LogP contribution is -2.19.